The van der Waals surface area contributed by atoms with E-state index in [1.54, 1.807) is 28.4 Å². The molecule has 1 saturated heterocycles. The second-order valence-electron chi connectivity index (χ2n) is 6.19. The summed E-state index contributed by atoms with van der Waals surface area (Å²) >= 11 is 7.65. The molecule has 0 saturated carbocycles. The lowest BCUT2D eigenvalue weighted by Crippen LogP contribution is -2.42. The molecule has 3 heterocycles. The molecule has 0 aliphatic carbocycles. The Morgan fingerprint density at radius 3 is 2.75 bits per heavy atom. The Kier molecular flexibility index (Phi) is 4.06. The van der Waals surface area contributed by atoms with Gasteiger partial charge in [-0.25, -0.2) is 0 Å². The topological polar surface area (TPSA) is 40.6 Å². The fourth-order valence-corrected chi connectivity index (χ4v) is 4.46. The lowest BCUT2D eigenvalue weighted by atomic mass is 10.0. The third-order valence-electron chi connectivity index (χ3n) is 4.76. The highest BCUT2D eigenvalue weighted by Gasteiger charge is 2.40. The number of carbonyl (C=O) groups excluding carboxylic acids is 2. The van der Waals surface area contributed by atoms with E-state index >= 15 is 0 Å². The van der Waals surface area contributed by atoms with Crippen molar-refractivity contribution < 1.29 is 9.59 Å². The molecule has 4 rings (SSSR count). The number of fused-ring (bicyclic) bond motifs is 1. The van der Waals surface area contributed by atoms with Gasteiger partial charge in [0.2, 0.25) is 11.8 Å². The number of rotatable bonds is 2. The Bertz CT molecular complexity index is 787. The van der Waals surface area contributed by atoms with E-state index in [1.165, 1.54) is 10.4 Å². The fourth-order valence-electron chi connectivity index (χ4n) is 3.44. The van der Waals surface area contributed by atoms with Crippen molar-refractivity contribution in [3.8, 4) is 0 Å². The van der Waals surface area contributed by atoms with Gasteiger partial charge in [0, 0.05) is 35.2 Å². The highest BCUT2D eigenvalue weighted by Crippen LogP contribution is 2.30. The van der Waals surface area contributed by atoms with Crippen molar-refractivity contribution in [3.63, 3.8) is 0 Å². The van der Waals surface area contributed by atoms with Crippen molar-refractivity contribution in [1.82, 2.24) is 4.90 Å². The first-order valence-electron chi connectivity index (χ1n) is 8.04. The summed E-state index contributed by atoms with van der Waals surface area (Å²) in [6, 6.07) is 9.26. The van der Waals surface area contributed by atoms with E-state index in [2.05, 4.69) is 11.4 Å². The summed E-state index contributed by atoms with van der Waals surface area (Å²) in [6.45, 7) is 1.91. The zero-order valence-electron chi connectivity index (χ0n) is 13.1. The van der Waals surface area contributed by atoms with E-state index in [4.69, 9.17) is 11.6 Å². The van der Waals surface area contributed by atoms with Crippen molar-refractivity contribution in [2.75, 3.05) is 18.0 Å². The molecular weight excluding hydrogens is 344 g/mol. The minimum atomic E-state index is -0.555. The van der Waals surface area contributed by atoms with Crippen LogP contribution in [0, 0.1) is 5.92 Å². The molecule has 0 bridgehead atoms. The predicted molar refractivity (Wildman–Crippen MR) is 95.4 cm³/mol. The number of amides is 2. The van der Waals surface area contributed by atoms with Gasteiger partial charge in [-0.1, -0.05) is 11.6 Å². The zero-order chi connectivity index (χ0) is 16.7. The molecule has 2 aliphatic heterocycles. The standard InChI is InChI=1S/C18H17ClN2O2S/c19-13-1-3-14(4-2-13)21-9-5-15(18(21)23)17(22)20-8-6-16-12(11-20)7-10-24-16/h1-4,7,10,15H,5-6,8-9,11H2. The number of hydrogen-bond acceptors (Lipinski definition) is 3. The third kappa shape index (κ3) is 2.72. The maximum absolute atomic E-state index is 12.8. The van der Waals surface area contributed by atoms with E-state index in [9.17, 15) is 9.59 Å². The van der Waals surface area contributed by atoms with Crippen LogP contribution in [0.25, 0.3) is 0 Å². The summed E-state index contributed by atoms with van der Waals surface area (Å²) < 4.78 is 0. The van der Waals surface area contributed by atoms with Crippen molar-refractivity contribution in [1.29, 1.82) is 0 Å². The molecular formula is C18H17ClN2O2S. The fraction of sp³-hybridized carbons (Fsp3) is 0.333. The van der Waals surface area contributed by atoms with E-state index in [0.717, 1.165) is 12.1 Å². The molecule has 1 aromatic carbocycles. The molecule has 1 atom stereocenters. The minimum absolute atomic E-state index is 0.0340. The number of halogens is 1. The Balaban J connectivity index is 1.48. The normalized spacial score (nSPS) is 20.4. The lowest BCUT2D eigenvalue weighted by molar-refractivity contribution is -0.140. The van der Waals surface area contributed by atoms with Crippen molar-refractivity contribution in [3.05, 3.63) is 51.2 Å². The van der Waals surface area contributed by atoms with Crippen LogP contribution < -0.4 is 4.90 Å². The number of nitrogens with zero attached hydrogens (tertiary/aromatic N) is 2. The third-order valence-corrected chi connectivity index (χ3v) is 6.04. The van der Waals surface area contributed by atoms with Gasteiger partial charge in [0.05, 0.1) is 0 Å². The highest BCUT2D eigenvalue weighted by atomic mass is 35.5. The van der Waals surface area contributed by atoms with Crippen LogP contribution in [-0.2, 0) is 22.6 Å². The predicted octanol–water partition coefficient (Wildman–Crippen LogP) is 3.34. The van der Waals surface area contributed by atoms with Crippen LogP contribution in [0.5, 0.6) is 0 Å². The molecule has 0 radical (unpaired) electrons. The van der Waals surface area contributed by atoms with Crippen LogP contribution in [0.2, 0.25) is 5.02 Å². The number of benzene rings is 1. The molecule has 24 heavy (non-hydrogen) atoms. The quantitative estimate of drug-likeness (QED) is 0.771. The average Bonchev–Trinajstić information content (AvgIpc) is 3.21. The monoisotopic (exact) mass is 360 g/mol. The van der Waals surface area contributed by atoms with Crippen LogP contribution in [0.3, 0.4) is 0 Å². The molecule has 0 N–H and O–H groups in total. The van der Waals surface area contributed by atoms with Gasteiger partial charge in [-0.3, -0.25) is 9.59 Å². The van der Waals surface area contributed by atoms with Gasteiger partial charge in [-0.05, 0) is 54.1 Å². The number of carbonyl (C=O) groups is 2. The summed E-state index contributed by atoms with van der Waals surface area (Å²) in [7, 11) is 0. The molecule has 2 amide bonds. The van der Waals surface area contributed by atoms with Gasteiger partial charge in [-0.2, -0.15) is 0 Å². The Morgan fingerprint density at radius 1 is 1.17 bits per heavy atom. The second-order valence-corrected chi connectivity index (χ2v) is 7.62. The van der Waals surface area contributed by atoms with Gasteiger partial charge in [0.1, 0.15) is 5.92 Å². The van der Waals surface area contributed by atoms with Gasteiger partial charge in [-0.15, -0.1) is 11.3 Å². The van der Waals surface area contributed by atoms with Gasteiger partial charge in [0.25, 0.3) is 0 Å². The summed E-state index contributed by atoms with van der Waals surface area (Å²) in [5, 5.41) is 2.71. The molecule has 1 aromatic heterocycles. The minimum Gasteiger partial charge on any atom is -0.337 e. The maximum Gasteiger partial charge on any atom is 0.239 e. The Morgan fingerprint density at radius 2 is 1.96 bits per heavy atom. The van der Waals surface area contributed by atoms with Crippen LogP contribution in [-0.4, -0.2) is 29.8 Å². The van der Waals surface area contributed by atoms with E-state index in [0.29, 0.717) is 31.1 Å². The average molecular weight is 361 g/mol. The molecule has 2 aliphatic rings. The van der Waals surface area contributed by atoms with Crippen molar-refractivity contribution >= 4 is 40.4 Å². The maximum atomic E-state index is 12.8. The Labute approximate surface area is 149 Å². The summed E-state index contributed by atoms with van der Waals surface area (Å²) in [5.41, 5.74) is 2.03. The molecule has 0 spiro atoms. The lowest BCUT2D eigenvalue weighted by Gasteiger charge is -2.29. The van der Waals surface area contributed by atoms with Gasteiger partial charge in [0.15, 0.2) is 0 Å². The SMILES string of the molecule is O=C(C1CCN(c2ccc(Cl)cc2)C1=O)N1CCc2sccc2C1. The molecule has 124 valence electrons. The van der Waals surface area contributed by atoms with E-state index < -0.39 is 5.92 Å². The van der Waals surface area contributed by atoms with E-state index in [1.807, 2.05) is 17.0 Å². The second kappa shape index (κ2) is 6.22. The first-order valence-corrected chi connectivity index (χ1v) is 9.30. The van der Waals surface area contributed by atoms with Crippen molar-refractivity contribution in [2.45, 2.75) is 19.4 Å². The van der Waals surface area contributed by atoms with Crippen LogP contribution in [0.1, 0.15) is 16.9 Å². The molecule has 4 nitrogen and oxygen atoms in total. The van der Waals surface area contributed by atoms with Gasteiger partial charge >= 0.3 is 0 Å². The zero-order valence-corrected chi connectivity index (χ0v) is 14.6. The molecule has 2 aromatic rings. The first kappa shape index (κ1) is 15.7. The summed E-state index contributed by atoms with van der Waals surface area (Å²) in [4.78, 5) is 30.4. The number of hydrogen-bond donors (Lipinski definition) is 0. The summed E-state index contributed by atoms with van der Waals surface area (Å²) in [5.74, 6) is -0.687. The van der Waals surface area contributed by atoms with Crippen LogP contribution in [0.4, 0.5) is 5.69 Å². The largest absolute Gasteiger partial charge is 0.337 e. The molecule has 1 fully saturated rings. The number of anilines is 1. The smallest absolute Gasteiger partial charge is 0.239 e. The van der Waals surface area contributed by atoms with Crippen LogP contribution >= 0.6 is 22.9 Å². The van der Waals surface area contributed by atoms with Crippen LogP contribution in [0.15, 0.2) is 35.7 Å². The first-order chi connectivity index (χ1) is 11.6. The number of thiophene rings is 1. The van der Waals surface area contributed by atoms with Crippen molar-refractivity contribution in [2.24, 2.45) is 5.92 Å². The van der Waals surface area contributed by atoms with Gasteiger partial charge < -0.3 is 9.80 Å². The van der Waals surface area contributed by atoms with E-state index in [-0.39, 0.29) is 11.8 Å². The summed E-state index contributed by atoms with van der Waals surface area (Å²) in [6.07, 6.45) is 1.47. The Hall–Kier alpha value is -1.85. The highest BCUT2D eigenvalue weighted by molar-refractivity contribution is 7.10. The molecule has 6 heteroatoms. The molecule has 1 unspecified atom stereocenters.